The number of fused-ring (bicyclic) bond motifs is 1. The maximum absolute atomic E-state index is 13.4. The third-order valence-electron chi connectivity index (χ3n) is 5.89. The van der Waals surface area contributed by atoms with Crippen LogP contribution in [0.2, 0.25) is 0 Å². The minimum Gasteiger partial charge on any atom is -0.481 e. The summed E-state index contributed by atoms with van der Waals surface area (Å²) in [7, 11) is 0. The summed E-state index contributed by atoms with van der Waals surface area (Å²) in [6, 6.07) is 18.8. The van der Waals surface area contributed by atoms with E-state index in [4.69, 9.17) is 0 Å². The Kier molecular flexibility index (Phi) is 5.52. The van der Waals surface area contributed by atoms with Gasteiger partial charge < -0.3 is 5.11 Å². The fourth-order valence-corrected chi connectivity index (χ4v) is 4.37. The highest BCUT2D eigenvalue weighted by atomic mass is 19.4. The van der Waals surface area contributed by atoms with Crippen LogP contribution >= 0.6 is 0 Å². The van der Waals surface area contributed by atoms with E-state index >= 15 is 0 Å². The van der Waals surface area contributed by atoms with Crippen LogP contribution in [0, 0.1) is 5.92 Å². The van der Waals surface area contributed by atoms with E-state index < -0.39 is 23.6 Å². The van der Waals surface area contributed by atoms with Gasteiger partial charge in [0.25, 0.3) is 0 Å². The van der Waals surface area contributed by atoms with E-state index in [9.17, 15) is 23.1 Å². The maximum Gasteiger partial charge on any atom is 0.416 e. The zero-order valence-electron chi connectivity index (χ0n) is 16.3. The Labute approximate surface area is 172 Å². The van der Waals surface area contributed by atoms with Crippen molar-refractivity contribution in [2.45, 2.75) is 25.1 Å². The Morgan fingerprint density at radius 2 is 1.63 bits per heavy atom. The molecule has 156 valence electrons. The second-order valence-corrected chi connectivity index (χ2v) is 7.74. The van der Waals surface area contributed by atoms with Crippen molar-refractivity contribution >= 4 is 16.7 Å². The van der Waals surface area contributed by atoms with E-state index in [1.54, 1.807) is 6.07 Å². The first kappa shape index (κ1) is 20.4. The SMILES string of the molecule is O=C(O)C1CCN(C(c2cccc(C(F)(F)F)c2)c2cccc3ccccc23)CC1. The minimum absolute atomic E-state index is 0.381. The number of carbonyl (C=O) groups is 1. The topological polar surface area (TPSA) is 40.5 Å². The lowest BCUT2D eigenvalue weighted by Crippen LogP contribution is -2.39. The van der Waals surface area contributed by atoms with Crippen molar-refractivity contribution in [3.05, 3.63) is 83.4 Å². The number of benzene rings is 3. The average Bonchev–Trinajstić information content (AvgIpc) is 2.74. The molecule has 0 bridgehead atoms. The van der Waals surface area contributed by atoms with Crippen LogP contribution in [0.3, 0.4) is 0 Å². The molecule has 0 aromatic heterocycles. The number of aliphatic carboxylic acids is 1. The number of hydrogen-bond acceptors (Lipinski definition) is 2. The van der Waals surface area contributed by atoms with E-state index in [1.807, 2.05) is 42.5 Å². The van der Waals surface area contributed by atoms with Crippen LogP contribution in [0.1, 0.15) is 35.6 Å². The van der Waals surface area contributed by atoms with Crippen LogP contribution < -0.4 is 0 Å². The second kappa shape index (κ2) is 8.11. The summed E-state index contributed by atoms with van der Waals surface area (Å²) in [6.07, 6.45) is -3.46. The monoisotopic (exact) mass is 413 g/mol. The largest absolute Gasteiger partial charge is 0.481 e. The Morgan fingerprint density at radius 3 is 2.33 bits per heavy atom. The highest BCUT2D eigenvalue weighted by Gasteiger charge is 2.34. The molecular formula is C24H22F3NO2. The fraction of sp³-hybridized carbons (Fsp3) is 0.292. The summed E-state index contributed by atoms with van der Waals surface area (Å²) >= 11 is 0. The standard InChI is InChI=1S/C24H22F3NO2/c25-24(26,27)19-8-3-7-18(15-19)22(28-13-11-17(12-14-28)23(29)30)21-10-4-6-16-5-1-2-9-20(16)21/h1-10,15,17,22H,11-14H2,(H,29,30). The number of carboxylic acid groups (broad SMARTS) is 1. The number of piperidine rings is 1. The van der Waals surface area contributed by atoms with Gasteiger partial charge >= 0.3 is 12.1 Å². The number of likely N-dealkylation sites (tertiary alicyclic amines) is 1. The van der Waals surface area contributed by atoms with Crippen molar-refractivity contribution in [3.8, 4) is 0 Å². The number of carboxylic acids is 1. The molecule has 3 aromatic rings. The molecule has 0 aliphatic carbocycles. The molecule has 0 saturated carbocycles. The Morgan fingerprint density at radius 1 is 0.967 bits per heavy atom. The first-order chi connectivity index (χ1) is 14.3. The molecule has 1 aliphatic heterocycles. The smallest absolute Gasteiger partial charge is 0.416 e. The summed E-state index contributed by atoms with van der Waals surface area (Å²) in [5.41, 5.74) is 0.821. The van der Waals surface area contributed by atoms with Crippen molar-refractivity contribution in [3.63, 3.8) is 0 Å². The molecule has 0 spiro atoms. The fourth-order valence-electron chi connectivity index (χ4n) is 4.37. The average molecular weight is 413 g/mol. The van der Waals surface area contributed by atoms with Crippen molar-refractivity contribution in [1.29, 1.82) is 0 Å². The zero-order valence-corrected chi connectivity index (χ0v) is 16.3. The number of nitrogens with zero attached hydrogens (tertiary/aromatic N) is 1. The van der Waals surface area contributed by atoms with Crippen molar-refractivity contribution in [1.82, 2.24) is 4.90 Å². The highest BCUT2D eigenvalue weighted by molar-refractivity contribution is 5.86. The Bertz CT molecular complexity index is 1050. The first-order valence-electron chi connectivity index (χ1n) is 9.96. The third-order valence-corrected chi connectivity index (χ3v) is 5.89. The van der Waals surface area contributed by atoms with Crippen LogP contribution in [0.15, 0.2) is 66.7 Å². The normalized spacial score (nSPS) is 17.2. The van der Waals surface area contributed by atoms with Crippen LogP contribution in [0.25, 0.3) is 10.8 Å². The quantitative estimate of drug-likeness (QED) is 0.593. The molecule has 0 amide bonds. The van der Waals surface area contributed by atoms with E-state index in [0.29, 0.717) is 31.5 Å². The van der Waals surface area contributed by atoms with Crippen LogP contribution in [-0.2, 0) is 11.0 Å². The van der Waals surface area contributed by atoms with Crippen LogP contribution in [0.4, 0.5) is 13.2 Å². The molecule has 1 saturated heterocycles. The predicted octanol–water partition coefficient (Wildman–Crippen LogP) is 5.74. The van der Waals surface area contributed by atoms with Gasteiger partial charge in [0.1, 0.15) is 0 Å². The highest BCUT2D eigenvalue weighted by Crippen LogP contribution is 2.38. The maximum atomic E-state index is 13.4. The molecule has 1 aliphatic rings. The number of rotatable bonds is 4. The van der Waals surface area contributed by atoms with Gasteiger partial charge in [0, 0.05) is 0 Å². The molecule has 1 fully saturated rings. The lowest BCUT2D eigenvalue weighted by Gasteiger charge is -2.37. The van der Waals surface area contributed by atoms with Gasteiger partial charge in [-0.15, -0.1) is 0 Å². The first-order valence-corrected chi connectivity index (χ1v) is 9.96. The van der Waals surface area contributed by atoms with Gasteiger partial charge in [-0.25, -0.2) is 0 Å². The predicted molar refractivity (Wildman–Crippen MR) is 109 cm³/mol. The number of hydrogen-bond donors (Lipinski definition) is 1. The summed E-state index contributed by atoms with van der Waals surface area (Å²) in [5.74, 6) is -1.22. The molecule has 3 nitrogen and oxygen atoms in total. The molecule has 1 atom stereocenters. The van der Waals surface area contributed by atoms with Gasteiger partial charge in [0.15, 0.2) is 0 Å². The molecule has 3 aromatic carbocycles. The summed E-state index contributed by atoms with van der Waals surface area (Å²) in [5, 5.41) is 11.3. The van der Waals surface area contributed by atoms with E-state index in [2.05, 4.69) is 4.90 Å². The summed E-state index contributed by atoms with van der Waals surface area (Å²) in [4.78, 5) is 13.5. The third kappa shape index (κ3) is 4.05. The van der Waals surface area contributed by atoms with Crippen molar-refractivity contribution < 1.29 is 23.1 Å². The molecule has 1 N–H and O–H groups in total. The van der Waals surface area contributed by atoms with Gasteiger partial charge in [-0.1, -0.05) is 54.6 Å². The molecule has 6 heteroatoms. The molecule has 1 heterocycles. The van der Waals surface area contributed by atoms with E-state index in [0.717, 1.165) is 22.4 Å². The lowest BCUT2D eigenvalue weighted by atomic mass is 9.88. The molecule has 4 rings (SSSR count). The van der Waals surface area contributed by atoms with Crippen LogP contribution in [0.5, 0.6) is 0 Å². The number of halogens is 3. The molecule has 1 unspecified atom stereocenters. The summed E-state index contributed by atoms with van der Waals surface area (Å²) in [6.45, 7) is 1.03. The van der Waals surface area contributed by atoms with Gasteiger partial charge in [-0.2, -0.15) is 13.2 Å². The molecule has 30 heavy (non-hydrogen) atoms. The lowest BCUT2D eigenvalue weighted by molar-refractivity contribution is -0.143. The van der Waals surface area contributed by atoms with Gasteiger partial charge in [0.05, 0.1) is 17.5 Å². The van der Waals surface area contributed by atoms with Gasteiger partial charge in [0.2, 0.25) is 0 Å². The summed E-state index contributed by atoms with van der Waals surface area (Å²) < 4.78 is 40.2. The van der Waals surface area contributed by atoms with Crippen molar-refractivity contribution in [2.75, 3.05) is 13.1 Å². The minimum atomic E-state index is -4.42. The van der Waals surface area contributed by atoms with Gasteiger partial charge in [-0.05, 0) is 60.0 Å². The van der Waals surface area contributed by atoms with E-state index in [1.165, 1.54) is 12.1 Å². The van der Waals surface area contributed by atoms with Gasteiger partial charge in [-0.3, -0.25) is 9.69 Å². The molecule has 0 radical (unpaired) electrons. The zero-order chi connectivity index (χ0) is 21.3. The number of alkyl halides is 3. The second-order valence-electron chi connectivity index (χ2n) is 7.74. The van der Waals surface area contributed by atoms with Crippen LogP contribution in [-0.4, -0.2) is 29.1 Å². The Hall–Kier alpha value is -2.86. The molecular weight excluding hydrogens is 391 g/mol. The van der Waals surface area contributed by atoms with E-state index in [-0.39, 0.29) is 6.04 Å². The Balaban J connectivity index is 1.81. The van der Waals surface area contributed by atoms with Crippen molar-refractivity contribution in [2.24, 2.45) is 5.92 Å².